The second-order valence-corrected chi connectivity index (χ2v) is 9.34. The number of methoxy groups -OCH3 is 1. The van der Waals surface area contributed by atoms with E-state index >= 15 is 0 Å². The highest BCUT2D eigenvalue weighted by atomic mass is 16.5. The van der Waals surface area contributed by atoms with Crippen LogP contribution in [-0.2, 0) is 19.1 Å². The van der Waals surface area contributed by atoms with Crippen molar-refractivity contribution in [2.24, 2.45) is 28.1 Å². The van der Waals surface area contributed by atoms with Gasteiger partial charge in [0.05, 0.1) is 18.9 Å². The van der Waals surface area contributed by atoms with E-state index in [-0.39, 0.29) is 34.3 Å². The summed E-state index contributed by atoms with van der Waals surface area (Å²) in [5.74, 6) is 0.879. The van der Waals surface area contributed by atoms with Gasteiger partial charge in [0.25, 0.3) is 0 Å². The lowest BCUT2D eigenvalue weighted by atomic mass is 9.39. The molecule has 134 valence electrons. The van der Waals surface area contributed by atoms with Crippen LogP contribution in [0.15, 0.2) is 0 Å². The van der Waals surface area contributed by atoms with Crippen LogP contribution in [-0.4, -0.2) is 25.2 Å². The number of fused-ring (bicyclic) bond motifs is 3. The predicted molar refractivity (Wildman–Crippen MR) is 89.1 cm³/mol. The first-order chi connectivity index (χ1) is 11.3. The van der Waals surface area contributed by atoms with Crippen LogP contribution >= 0.6 is 0 Å². The average molecular weight is 334 g/mol. The molecule has 2 bridgehead atoms. The molecular formula is C20H30O4. The highest BCUT2D eigenvalue weighted by Gasteiger charge is 2.65. The van der Waals surface area contributed by atoms with Crippen molar-refractivity contribution in [2.75, 3.05) is 7.11 Å². The van der Waals surface area contributed by atoms with Crippen molar-refractivity contribution in [3.63, 3.8) is 0 Å². The molecule has 1 saturated heterocycles. The molecule has 0 aromatic heterocycles. The monoisotopic (exact) mass is 334 g/mol. The Morgan fingerprint density at radius 3 is 2.67 bits per heavy atom. The molecule has 0 N–H and O–H groups in total. The molecule has 3 saturated carbocycles. The Hall–Kier alpha value is -1.06. The highest BCUT2D eigenvalue weighted by Crippen LogP contribution is 2.69. The maximum atomic E-state index is 12.6. The predicted octanol–water partition coefficient (Wildman–Crippen LogP) is 3.87. The van der Waals surface area contributed by atoms with E-state index in [1.165, 1.54) is 13.5 Å². The van der Waals surface area contributed by atoms with Gasteiger partial charge in [-0.3, -0.25) is 9.59 Å². The zero-order valence-corrected chi connectivity index (χ0v) is 15.2. The average Bonchev–Trinajstić information content (AvgIpc) is 2.52. The minimum atomic E-state index is -0.366. The molecule has 0 aromatic rings. The Kier molecular flexibility index (Phi) is 3.57. The van der Waals surface area contributed by atoms with Crippen molar-refractivity contribution in [1.82, 2.24) is 0 Å². The van der Waals surface area contributed by atoms with Crippen molar-refractivity contribution in [1.29, 1.82) is 0 Å². The first-order valence-electron chi connectivity index (χ1n) is 9.62. The summed E-state index contributed by atoms with van der Waals surface area (Å²) in [6.07, 6.45) is 9.20. The van der Waals surface area contributed by atoms with Crippen LogP contribution in [0.3, 0.4) is 0 Å². The van der Waals surface area contributed by atoms with E-state index in [0.29, 0.717) is 18.3 Å². The lowest BCUT2D eigenvalue weighted by Gasteiger charge is -2.65. The normalized spacial score (nSPS) is 50.3. The second-order valence-electron chi connectivity index (χ2n) is 9.34. The SMILES string of the molecule is COC(=O)[C@]1(C)CCC[C@@]2(C)[C@@H]3CC[C@@H]4C[C@@]3(CC[C@@H]21)CC(=O)O4. The Labute approximate surface area is 144 Å². The van der Waals surface area contributed by atoms with Crippen molar-refractivity contribution >= 4 is 11.9 Å². The van der Waals surface area contributed by atoms with Crippen molar-refractivity contribution in [3.8, 4) is 0 Å². The summed E-state index contributed by atoms with van der Waals surface area (Å²) in [5.41, 5.74) is -0.102. The third-order valence-corrected chi connectivity index (χ3v) is 8.30. The van der Waals surface area contributed by atoms with E-state index in [1.807, 2.05) is 0 Å². The quantitative estimate of drug-likeness (QED) is 0.683. The number of hydrogen-bond acceptors (Lipinski definition) is 4. The summed E-state index contributed by atoms with van der Waals surface area (Å²) in [5, 5.41) is 0. The van der Waals surface area contributed by atoms with E-state index in [9.17, 15) is 9.59 Å². The van der Waals surface area contributed by atoms with Gasteiger partial charge < -0.3 is 9.47 Å². The van der Waals surface area contributed by atoms with Crippen molar-refractivity contribution < 1.29 is 19.1 Å². The fourth-order valence-electron chi connectivity index (χ4n) is 7.45. The number of rotatable bonds is 1. The van der Waals surface area contributed by atoms with Gasteiger partial charge in [-0.2, -0.15) is 0 Å². The Bertz CT molecular complexity index is 572. The van der Waals surface area contributed by atoms with Gasteiger partial charge in [-0.05, 0) is 74.5 Å². The van der Waals surface area contributed by atoms with E-state index in [2.05, 4.69) is 13.8 Å². The largest absolute Gasteiger partial charge is 0.469 e. The van der Waals surface area contributed by atoms with Gasteiger partial charge in [0.1, 0.15) is 6.10 Å². The van der Waals surface area contributed by atoms with E-state index in [0.717, 1.165) is 44.9 Å². The number of hydrogen-bond donors (Lipinski definition) is 0. The molecule has 4 fully saturated rings. The van der Waals surface area contributed by atoms with Crippen LogP contribution in [0.5, 0.6) is 0 Å². The van der Waals surface area contributed by atoms with Crippen LogP contribution in [0.2, 0.25) is 0 Å². The van der Waals surface area contributed by atoms with Crippen LogP contribution in [0, 0.1) is 28.1 Å². The molecule has 4 nitrogen and oxygen atoms in total. The van der Waals surface area contributed by atoms with E-state index < -0.39 is 0 Å². The smallest absolute Gasteiger partial charge is 0.311 e. The minimum Gasteiger partial charge on any atom is -0.469 e. The standard InChI is InChI=1S/C20H30O4/c1-18-8-4-9-19(2,17(22)23-3)14(18)7-10-20-11-13(5-6-15(18)20)24-16(21)12-20/h13-15H,4-12H2,1-3H3/t13-,14+,15+,18-,19-,20+/m1/s1. The van der Waals surface area contributed by atoms with Gasteiger partial charge in [-0.25, -0.2) is 0 Å². The summed E-state index contributed by atoms with van der Waals surface area (Å²) in [7, 11) is 1.52. The summed E-state index contributed by atoms with van der Waals surface area (Å²) in [4.78, 5) is 24.8. The molecule has 1 aliphatic heterocycles. The van der Waals surface area contributed by atoms with Gasteiger partial charge in [0, 0.05) is 0 Å². The van der Waals surface area contributed by atoms with Gasteiger partial charge >= 0.3 is 11.9 Å². The second kappa shape index (κ2) is 5.22. The fraction of sp³-hybridized carbons (Fsp3) is 0.900. The molecule has 1 heterocycles. The number of carbonyl (C=O) groups is 2. The van der Waals surface area contributed by atoms with Crippen LogP contribution in [0.4, 0.5) is 0 Å². The zero-order chi connectivity index (χ0) is 17.2. The molecule has 0 radical (unpaired) electrons. The molecule has 3 aliphatic carbocycles. The third kappa shape index (κ3) is 2.04. The Morgan fingerprint density at radius 1 is 1.12 bits per heavy atom. The molecule has 0 aromatic carbocycles. The summed E-state index contributed by atoms with van der Waals surface area (Å²) in [6.45, 7) is 4.53. The van der Waals surface area contributed by atoms with Crippen molar-refractivity contribution in [3.05, 3.63) is 0 Å². The Morgan fingerprint density at radius 2 is 1.92 bits per heavy atom. The molecule has 4 heteroatoms. The van der Waals surface area contributed by atoms with Crippen molar-refractivity contribution in [2.45, 2.75) is 77.7 Å². The first kappa shape index (κ1) is 16.4. The van der Waals surface area contributed by atoms with Crippen LogP contribution < -0.4 is 0 Å². The molecular weight excluding hydrogens is 304 g/mol. The molecule has 6 atom stereocenters. The first-order valence-corrected chi connectivity index (χ1v) is 9.62. The number of ether oxygens (including phenoxy) is 2. The molecule has 4 rings (SSSR count). The highest BCUT2D eigenvalue weighted by molar-refractivity contribution is 5.77. The van der Waals surface area contributed by atoms with E-state index in [4.69, 9.17) is 9.47 Å². The Balaban J connectivity index is 1.72. The van der Waals surface area contributed by atoms with Gasteiger partial charge in [-0.1, -0.05) is 13.3 Å². The summed E-state index contributed by atoms with van der Waals surface area (Å²) >= 11 is 0. The van der Waals surface area contributed by atoms with Gasteiger partial charge in [0.2, 0.25) is 0 Å². The molecule has 0 unspecified atom stereocenters. The number of esters is 2. The fourth-order valence-corrected chi connectivity index (χ4v) is 7.45. The lowest BCUT2D eigenvalue weighted by Crippen LogP contribution is -2.61. The van der Waals surface area contributed by atoms with Gasteiger partial charge in [0.15, 0.2) is 0 Å². The third-order valence-electron chi connectivity index (χ3n) is 8.30. The van der Waals surface area contributed by atoms with E-state index in [1.54, 1.807) is 0 Å². The summed E-state index contributed by atoms with van der Waals surface area (Å²) in [6, 6.07) is 0. The molecule has 24 heavy (non-hydrogen) atoms. The maximum Gasteiger partial charge on any atom is 0.311 e. The zero-order valence-electron chi connectivity index (χ0n) is 15.2. The summed E-state index contributed by atoms with van der Waals surface area (Å²) < 4.78 is 10.8. The molecule has 4 aliphatic rings. The molecule has 1 spiro atoms. The topological polar surface area (TPSA) is 52.6 Å². The number of carbonyl (C=O) groups excluding carboxylic acids is 2. The van der Waals surface area contributed by atoms with Gasteiger partial charge in [-0.15, -0.1) is 0 Å². The van der Waals surface area contributed by atoms with Crippen LogP contribution in [0.25, 0.3) is 0 Å². The molecule has 0 amide bonds. The minimum absolute atomic E-state index is 0.00420. The van der Waals surface area contributed by atoms with Crippen LogP contribution in [0.1, 0.15) is 71.6 Å². The lowest BCUT2D eigenvalue weighted by molar-refractivity contribution is -0.213. The maximum absolute atomic E-state index is 12.6.